The van der Waals surface area contributed by atoms with Crippen LogP contribution in [0.2, 0.25) is 5.02 Å². The van der Waals surface area contributed by atoms with E-state index >= 15 is 0 Å². The van der Waals surface area contributed by atoms with Crippen molar-refractivity contribution in [3.8, 4) is 0 Å². The van der Waals surface area contributed by atoms with Gasteiger partial charge in [0.2, 0.25) is 0 Å². The van der Waals surface area contributed by atoms with Crippen molar-refractivity contribution in [2.75, 3.05) is 0 Å². The zero-order valence-corrected chi connectivity index (χ0v) is 12.1. The van der Waals surface area contributed by atoms with Crippen molar-refractivity contribution in [2.24, 2.45) is 5.92 Å². The van der Waals surface area contributed by atoms with E-state index in [1.165, 1.54) is 0 Å². The number of benzene rings is 1. The third-order valence-corrected chi connectivity index (χ3v) is 3.82. The van der Waals surface area contributed by atoms with E-state index in [2.05, 4.69) is 21.2 Å². The number of nitrogens with one attached hydrogen (secondary N) is 1. The van der Waals surface area contributed by atoms with E-state index < -0.39 is 11.9 Å². The summed E-state index contributed by atoms with van der Waals surface area (Å²) in [6, 6.07) is 4.67. The molecule has 1 aliphatic carbocycles. The van der Waals surface area contributed by atoms with Crippen LogP contribution >= 0.6 is 27.5 Å². The summed E-state index contributed by atoms with van der Waals surface area (Å²) in [5.41, 5.74) is 0.430. The normalized spacial score (nSPS) is 21.4. The number of carboxylic acid groups (broad SMARTS) is 1. The first-order valence-electron chi connectivity index (χ1n) is 5.64. The Bertz CT molecular complexity index is 559. The largest absolute Gasteiger partial charge is 0.481 e. The van der Waals surface area contributed by atoms with E-state index in [0.717, 1.165) is 0 Å². The zero-order chi connectivity index (χ0) is 14.0. The molecule has 100 valence electrons. The maximum atomic E-state index is 12.1. The molecule has 0 fully saturated rings. The number of amides is 1. The molecule has 0 spiro atoms. The highest BCUT2D eigenvalue weighted by atomic mass is 79.9. The van der Waals surface area contributed by atoms with Crippen molar-refractivity contribution in [2.45, 2.75) is 12.5 Å². The molecule has 0 aromatic heterocycles. The van der Waals surface area contributed by atoms with Crippen molar-refractivity contribution >= 4 is 39.4 Å². The lowest BCUT2D eigenvalue weighted by Gasteiger charge is -2.13. The maximum absolute atomic E-state index is 12.1. The van der Waals surface area contributed by atoms with Gasteiger partial charge in [-0.15, -0.1) is 0 Å². The lowest BCUT2D eigenvalue weighted by atomic mass is 10.1. The van der Waals surface area contributed by atoms with Gasteiger partial charge in [-0.05, 0) is 40.5 Å². The molecule has 0 aliphatic heterocycles. The van der Waals surface area contributed by atoms with Crippen LogP contribution in [0.15, 0.2) is 34.8 Å². The van der Waals surface area contributed by atoms with E-state index in [1.807, 2.05) is 0 Å². The lowest BCUT2D eigenvalue weighted by Crippen LogP contribution is -2.33. The first-order valence-corrected chi connectivity index (χ1v) is 6.81. The SMILES string of the molecule is O=C(NC1C=CC(C(=O)O)C1)c1cc(Cl)ccc1Br. The Morgan fingerprint density at radius 1 is 1.37 bits per heavy atom. The Labute approximate surface area is 123 Å². The highest BCUT2D eigenvalue weighted by Gasteiger charge is 2.26. The minimum atomic E-state index is -0.878. The molecule has 0 saturated carbocycles. The van der Waals surface area contributed by atoms with Gasteiger partial charge in [0.25, 0.3) is 5.91 Å². The zero-order valence-electron chi connectivity index (χ0n) is 9.77. The van der Waals surface area contributed by atoms with Crippen molar-refractivity contribution in [3.05, 3.63) is 45.4 Å². The Morgan fingerprint density at radius 3 is 2.74 bits per heavy atom. The molecule has 2 rings (SSSR count). The fourth-order valence-electron chi connectivity index (χ4n) is 1.91. The van der Waals surface area contributed by atoms with Gasteiger partial charge in [-0.25, -0.2) is 0 Å². The third-order valence-electron chi connectivity index (χ3n) is 2.89. The molecule has 6 heteroatoms. The molecule has 4 nitrogen and oxygen atoms in total. The van der Waals surface area contributed by atoms with Gasteiger partial charge in [-0.1, -0.05) is 23.8 Å². The topological polar surface area (TPSA) is 66.4 Å². The molecule has 1 amide bonds. The molecule has 19 heavy (non-hydrogen) atoms. The molecule has 1 aromatic carbocycles. The van der Waals surface area contributed by atoms with Gasteiger partial charge in [0, 0.05) is 15.5 Å². The Morgan fingerprint density at radius 2 is 2.11 bits per heavy atom. The Kier molecular flexibility index (Phi) is 4.27. The maximum Gasteiger partial charge on any atom is 0.310 e. The van der Waals surface area contributed by atoms with E-state index in [0.29, 0.717) is 21.5 Å². The summed E-state index contributed by atoms with van der Waals surface area (Å²) in [5, 5.41) is 12.1. The second-order valence-electron chi connectivity index (χ2n) is 4.27. The van der Waals surface area contributed by atoms with Crippen LogP contribution in [0.3, 0.4) is 0 Å². The molecule has 2 N–H and O–H groups in total. The number of carbonyl (C=O) groups excluding carboxylic acids is 1. The number of rotatable bonds is 3. The molecule has 2 atom stereocenters. The second-order valence-corrected chi connectivity index (χ2v) is 5.56. The van der Waals surface area contributed by atoms with Gasteiger partial charge >= 0.3 is 5.97 Å². The standard InChI is InChI=1S/C13H11BrClNO3/c14-11-4-2-8(15)6-10(11)12(17)16-9-3-1-7(5-9)13(18)19/h1-4,6-7,9H,5H2,(H,16,17)(H,18,19). The Balaban J connectivity index is 2.05. The summed E-state index contributed by atoms with van der Waals surface area (Å²) in [4.78, 5) is 22.9. The smallest absolute Gasteiger partial charge is 0.310 e. The highest BCUT2D eigenvalue weighted by molar-refractivity contribution is 9.10. The molecule has 0 saturated heterocycles. The number of aliphatic carboxylic acids is 1. The molecular formula is C13H11BrClNO3. The van der Waals surface area contributed by atoms with Crippen LogP contribution in [0.5, 0.6) is 0 Å². The number of hydrogen-bond acceptors (Lipinski definition) is 2. The predicted octanol–water partition coefficient (Wildman–Crippen LogP) is 2.86. The minimum absolute atomic E-state index is 0.264. The van der Waals surface area contributed by atoms with Crippen molar-refractivity contribution in [3.63, 3.8) is 0 Å². The van der Waals surface area contributed by atoms with Gasteiger partial charge in [0.1, 0.15) is 0 Å². The van der Waals surface area contributed by atoms with Crippen LogP contribution in [-0.2, 0) is 4.79 Å². The van der Waals surface area contributed by atoms with Gasteiger partial charge in [0.05, 0.1) is 11.5 Å². The molecule has 0 bridgehead atoms. The summed E-state index contributed by atoms with van der Waals surface area (Å²) in [7, 11) is 0. The fourth-order valence-corrected chi connectivity index (χ4v) is 2.51. The van der Waals surface area contributed by atoms with Crippen molar-refractivity contribution in [1.82, 2.24) is 5.32 Å². The van der Waals surface area contributed by atoms with Crippen LogP contribution in [0, 0.1) is 5.92 Å². The van der Waals surface area contributed by atoms with Crippen LogP contribution in [0.4, 0.5) is 0 Å². The number of hydrogen-bond donors (Lipinski definition) is 2. The first-order chi connectivity index (χ1) is 8.97. The van der Waals surface area contributed by atoms with Gasteiger partial charge < -0.3 is 10.4 Å². The molecule has 0 heterocycles. The molecule has 0 radical (unpaired) electrons. The van der Waals surface area contributed by atoms with Gasteiger partial charge in [-0.3, -0.25) is 9.59 Å². The van der Waals surface area contributed by atoms with E-state index in [-0.39, 0.29) is 11.9 Å². The minimum Gasteiger partial charge on any atom is -0.481 e. The second kappa shape index (κ2) is 5.75. The van der Waals surface area contributed by atoms with Crippen molar-refractivity contribution in [1.29, 1.82) is 0 Å². The number of halogens is 2. The predicted molar refractivity (Wildman–Crippen MR) is 75.3 cm³/mol. The average molecular weight is 345 g/mol. The summed E-state index contributed by atoms with van der Waals surface area (Å²) < 4.78 is 0.645. The molecule has 1 aromatic rings. The van der Waals surface area contributed by atoms with Crippen LogP contribution in [-0.4, -0.2) is 23.0 Å². The van der Waals surface area contributed by atoms with E-state index in [4.69, 9.17) is 16.7 Å². The summed E-state index contributed by atoms with van der Waals surface area (Å²) >= 11 is 9.13. The summed E-state index contributed by atoms with van der Waals surface area (Å²) in [5.74, 6) is -1.69. The average Bonchev–Trinajstić information content (AvgIpc) is 2.80. The molecular weight excluding hydrogens is 334 g/mol. The molecule has 2 unspecified atom stereocenters. The number of carboxylic acids is 1. The van der Waals surface area contributed by atoms with Crippen LogP contribution in [0.25, 0.3) is 0 Å². The van der Waals surface area contributed by atoms with E-state index in [9.17, 15) is 9.59 Å². The first kappa shape index (κ1) is 14.1. The lowest BCUT2D eigenvalue weighted by molar-refractivity contribution is -0.140. The quantitative estimate of drug-likeness (QED) is 0.829. The Hall–Kier alpha value is -1.33. The monoisotopic (exact) mass is 343 g/mol. The van der Waals surface area contributed by atoms with Gasteiger partial charge in [-0.2, -0.15) is 0 Å². The highest BCUT2D eigenvalue weighted by Crippen LogP contribution is 2.23. The summed E-state index contributed by atoms with van der Waals surface area (Å²) in [6.07, 6.45) is 3.68. The van der Waals surface area contributed by atoms with E-state index in [1.54, 1.807) is 30.4 Å². The fraction of sp³-hybridized carbons (Fsp3) is 0.231. The number of carbonyl (C=O) groups is 2. The summed E-state index contributed by atoms with van der Waals surface area (Å²) in [6.45, 7) is 0. The third kappa shape index (κ3) is 3.36. The van der Waals surface area contributed by atoms with Crippen molar-refractivity contribution < 1.29 is 14.7 Å². The molecule has 1 aliphatic rings. The van der Waals surface area contributed by atoms with Crippen LogP contribution < -0.4 is 5.32 Å². The van der Waals surface area contributed by atoms with Crippen LogP contribution in [0.1, 0.15) is 16.8 Å². The van der Waals surface area contributed by atoms with Gasteiger partial charge in [0.15, 0.2) is 0 Å².